The summed E-state index contributed by atoms with van der Waals surface area (Å²) in [5.41, 5.74) is 1.40. The maximum absolute atomic E-state index is 5.93. The van der Waals surface area contributed by atoms with E-state index >= 15 is 0 Å². The Labute approximate surface area is 113 Å². The van der Waals surface area contributed by atoms with Gasteiger partial charge in [-0.2, -0.15) is 0 Å². The lowest BCUT2D eigenvalue weighted by molar-refractivity contribution is 0.235. The predicted molar refractivity (Wildman–Crippen MR) is 79.2 cm³/mol. The Hall–Kier alpha value is -0.980. The number of unbranched alkanes of at least 4 members (excludes halogenated alkanes) is 1. The van der Waals surface area contributed by atoms with Gasteiger partial charge in [0.1, 0.15) is 5.75 Å². The van der Waals surface area contributed by atoms with Gasteiger partial charge in [-0.15, -0.1) is 0 Å². The third kappa shape index (κ3) is 5.57. The molecule has 0 spiro atoms. The standard InChI is InChI=1S/C17H28O/c1-4-7-10-16-11-8-12-17(13-16)18-14-15(6-3)9-5-2/h8,11-13,15H,4-7,9-10,14H2,1-3H3. The van der Waals surface area contributed by atoms with Crippen molar-refractivity contribution in [2.24, 2.45) is 5.92 Å². The van der Waals surface area contributed by atoms with Crippen LogP contribution >= 0.6 is 0 Å². The Morgan fingerprint density at radius 3 is 2.61 bits per heavy atom. The normalized spacial score (nSPS) is 12.4. The summed E-state index contributed by atoms with van der Waals surface area (Å²) in [7, 11) is 0. The minimum absolute atomic E-state index is 0.703. The molecule has 1 unspecified atom stereocenters. The van der Waals surface area contributed by atoms with Gasteiger partial charge in [0, 0.05) is 0 Å². The lowest BCUT2D eigenvalue weighted by Gasteiger charge is -2.15. The van der Waals surface area contributed by atoms with E-state index in [1.165, 1.54) is 44.1 Å². The first-order valence-electron chi connectivity index (χ1n) is 7.51. The van der Waals surface area contributed by atoms with Gasteiger partial charge in [-0.05, 0) is 42.9 Å². The second-order valence-electron chi connectivity index (χ2n) is 5.12. The van der Waals surface area contributed by atoms with Crippen LogP contribution in [0.2, 0.25) is 0 Å². The smallest absolute Gasteiger partial charge is 0.119 e. The average molecular weight is 248 g/mol. The molecule has 0 radical (unpaired) electrons. The maximum atomic E-state index is 5.93. The molecule has 0 bridgehead atoms. The summed E-state index contributed by atoms with van der Waals surface area (Å²) in [6.07, 6.45) is 7.41. The molecular weight excluding hydrogens is 220 g/mol. The summed E-state index contributed by atoms with van der Waals surface area (Å²) in [6.45, 7) is 7.59. The van der Waals surface area contributed by atoms with Crippen molar-refractivity contribution in [3.63, 3.8) is 0 Å². The molecule has 18 heavy (non-hydrogen) atoms. The zero-order valence-corrected chi connectivity index (χ0v) is 12.2. The first kappa shape index (κ1) is 15.1. The summed E-state index contributed by atoms with van der Waals surface area (Å²) in [6, 6.07) is 8.59. The number of rotatable bonds is 9. The highest BCUT2D eigenvalue weighted by Crippen LogP contribution is 2.18. The van der Waals surface area contributed by atoms with Gasteiger partial charge in [0.2, 0.25) is 0 Å². The van der Waals surface area contributed by atoms with Crippen LogP contribution in [0.1, 0.15) is 58.4 Å². The van der Waals surface area contributed by atoms with Gasteiger partial charge in [-0.3, -0.25) is 0 Å². The first-order chi connectivity index (χ1) is 8.80. The van der Waals surface area contributed by atoms with Crippen LogP contribution in [0.4, 0.5) is 0 Å². The zero-order chi connectivity index (χ0) is 13.2. The molecule has 0 aliphatic rings. The Balaban J connectivity index is 2.45. The van der Waals surface area contributed by atoms with Gasteiger partial charge >= 0.3 is 0 Å². The molecule has 0 saturated carbocycles. The number of benzene rings is 1. The van der Waals surface area contributed by atoms with Gasteiger partial charge in [-0.25, -0.2) is 0 Å². The van der Waals surface area contributed by atoms with E-state index in [1.807, 2.05) is 0 Å². The van der Waals surface area contributed by atoms with Crippen molar-refractivity contribution in [3.05, 3.63) is 29.8 Å². The fraction of sp³-hybridized carbons (Fsp3) is 0.647. The minimum atomic E-state index is 0.703. The second kappa shape index (κ2) is 9.02. The Morgan fingerprint density at radius 2 is 1.94 bits per heavy atom. The molecule has 0 heterocycles. The van der Waals surface area contributed by atoms with Crippen LogP contribution in [0.3, 0.4) is 0 Å². The molecule has 1 aromatic rings. The molecule has 1 heteroatoms. The van der Waals surface area contributed by atoms with Crippen LogP contribution in [0.15, 0.2) is 24.3 Å². The molecule has 1 atom stereocenters. The van der Waals surface area contributed by atoms with Crippen LogP contribution in [0.5, 0.6) is 5.75 Å². The summed E-state index contributed by atoms with van der Waals surface area (Å²) in [4.78, 5) is 0. The first-order valence-corrected chi connectivity index (χ1v) is 7.51. The topological polar surface area (TPSA) is 9.23 Å². The predicted octanol–water partition coefficient (Wildman–Crippen LogP) is 5.23. The monoisotopic (exact) mass is 248 g/mol. The zero-order valence-electron chi connectivity index (χ0n) is 12.2. The summed E-state index contributed by atoms with van der Waals surface area (Å²) in [5, 5.41) is 0. The second-order valence-corrected chi connectivity index (χ2v) is 5.12. The third-order valence-electron chi connectivity index (χ3n) is 3.48. The van der Waals surface area contributed by atoms with E-state index in [2.05, 4.69) is 45.0 Å². The van der Waals surface area contributed by atoms with Crippen molar-refractivity contribution in [1.29, 1.82) is 0 Å². The third-order valence-corrected chi connectivity index (χ3v) is 3.48. The molecule has 1 nitrogen and oxygen atoms in total. The quantitative estimate of drug-likeness (QED) is 0.581. The van der Waals surface area contributed by atoms with Crippen molar-refractivity contribution in [2.75, 3.05) is 6.61 Å². The van der Waals surface area contributed by atoms with E-state index in [0.717, 1.165) is 12.4 Å². The van der Waals surface area contributed by atoms with Gasteiger partial charge in [0.05, 0.1) is 6.61 Å². The fourth-order valence-corrected chi connectivity index (χ4v) is 2.20. The molecule has 0 N–H and O–H groups in total. The summed E-state index contributed by atoms with van der Waals surface area (Å²) in [5.74, 6) is 1.74. The molecule has 0 amide bonds. The van der Waals surface area contributed by atoms with Gasteiger partial charge < -0.3 is 4.74 Å². The van der Waals surface area contributed by atoms with Crippen molar-refractivity contribution >= 4 is 0 Å². The van der Waals surface area contributed by atoms with Crippen molar-refractivity contribution in [3.8, 4) is 5.75 Å². The van der Waals surface area contributed by atoms with E-state index in [9.17, 15) is 0 Å². The Bertz CT molecular complexity index is 319. The summed E-state index contributed by atoms with van der Waals surface area (Å²) < 4.78 is 5.93. The lowest BCUT2D eigenvalue weighted by Crippen LogP contribution is -2.11. The SMILES string of the molecule is CCCCc1cccc(OCC(CC)CCC)c1. The van der Waals surface area contributed by atoms with Crippen molar-refractivity contribution in [1.82, 2.24) is 0 Å². The largest absolute Gasteiger partial charge is 0.493 e. The van der Waals surface area contributed by atoms with Gasteiger partial charge in [0.15, 0.2) is 0 Å². The molecule has 0 fully saturated rings. The highest BCUT2D eigenvalue weighted by molar-refractivity contribution is 5.28. The van der Waals surface area contributed by atoms with Crippen LogP contribution in [0, 0.1) is 5.92 Å². The van der Waals surface area contributed by atoms with Crippen LogP contribution in [0.25, 0.3) is 0 Å². The molecule has 0 aliphatic heterocycles. The summed E-state index contributed by atoms with van der Waals surface area (Å²) >= 11 is 0. The molecule has 0 aliphatic carbocycles. The van der Waals surface area contributed by atoms with Crippen LogP contribution in [-0.2, 0) is 6.42 Å². The molecule has 1 aromatic carbocycles. The number of aryl methyl sites for hydroxylation is 1. The maximum Gasteiger partial charge on any atom is 0.119 e. The molecular formula is C17H28O. The minimum Gasteiger partial charge on any atom is -0.493 e. The number of hydrogen-bond donors (Lipinski definition) is 0. The molecule has 0 saturated heterocycles. The van der Waals surface area contributed by atoms with E-state index in [4.69, 9.17) is 4.74 Å². The van der Waals surface area contributed by atoms with Gasteiger partial charge in [0.25, 0.3) is 0 Å². The van der Waals surface area contributed by atoms with Crippen LogP contribution in [-0.4, -0.2) is 6.61 Å². The van der Waals surface area contributed by atoms with E-state index in [-0.39, 0.29) is 0 Å². The van der Waals surface area contributed by atoms with E-state index < -0.39 is 0 Å². The number of ether oxygens (including phenoxy) is 1. The Kier molecular flexibility index (Phi) is 7.55. The highest BCUT2D eigenvalue weighted by Gasteiger charge is 2.06. The lowest BCUT2D eigenvalue weighted by atomic mass is 10.0. The molecule has 1 rings (SSSR count). The van der Waals surface area contributed by atoms with Crippen LogP contribution < -0.4 is 4.74 Å². The highest BCUT2D eigenvalue weighted by atomic mass is 16.5. The molecule has 102 valence electrons. The average Bonchev–Trinajstić information content (AvgIpc) is 2.41. The molecule has 0 aromatic heterocycles. The van der Waals surface area contributed by atoms with E-state index in [1.54, 1.807) is 0 Å². The Morgan fingerprint density at radius 1 is 1.11 bits per heavy atom. The van der Waals surface area contributed by atoms with E-state index in [0.29, 0.717) is 5.92 Å². The fourth-order valence-electron chi connectivity index (χ4n) is 2.20. The van der Waals surface area contributed by atoms with Gasteiger partial charge in [-0.1, -0.05) is 52.2 Å². The van der Waals surface area contributed by atoms with Crippen molar-refractivity contribution in [2.45, 2.75) is 59.3 Å². The number of hydrogen-bond acceptors (Lipinski definition) is 1. The van der Waals surface area contributed by atoms with Crippen molar-refractivity contribution < 1.29 is 4.74 Å².